The smallest absolute Gasteiger partial charge is 0.414 e. The molecule has 0 aliphatic rings. The lowest BCUT2D eigenvalue weighted by molar-refractivity contribution is 0.180. The van der Waals surface area contributed by atoms with Gasteiger partial charge in [0.1, 0.15) is 12.4 Å². The van der Waals surface area contributed by atoms with Gasteiger partial charge in [0.15, 0.2) is 17.7 Å². The molecular formula is C13H10ClF2N3O3. The number of nitrogens with zero attached hydrogens (tertiary/aromatic N) is 2. The molecule has 0 bridgehead atoms. The van der Waals surface area contributed by atoms with E-state index in [1.54, 1.807) is 0 Å². The van der Waals surface area contributed by atoms with Crippen LogP contribution in [-0.4, -0.2) is 22.1 Å². The molecule has 1 amide bonds. The van der Waals surface area contributed by atoms with E-state index in [9.17, 15) is 13.6 Å². The number of rotatable bonds is 5. The van der Waals surface area contributed by atoms with E-state index in [0.29, 0.717) is 5.56 Å². The van der Waals surface area contributed by atoms with Crippen molar-refractivity contribution in [2.45, 2.75) is 6.61 Å². The number of halogens is 3. The zero-order valence-electron chi connectivity index (χ0n) is 11.1. The fourth-order valence-electron chi connectivity index (χ4n) is 1.42. The number of nitrogens with one attached hydrogen (secondary N) is 1. The van der Waals surface area contributed by atoms with Crippen LogP contribution in [0, 0.1) is 11.6 Å². The Morgan fingerprint density at radius 1 is 1.27 bits per heavy atom. The van der Waals surface area contributed by atoms with Crippen molar-refractivity contribution in [3.8, 4) is 6.01 Å². The first-order chi connectivity index (χ1) is 10.6. The van der Waals surface area contributed by atoms with Crippen molar-refractivity contribution < 1.29 is 23.0 Å². The predicted octanol–water partition coefficient (Wildman–Crippen LogP) is 3.08. The summed E-state index contributed by atoms with van der Waals surface area (Å²) < 4.78 is 35.8. The van der Waals surface area contributed by atoms with E-state index in [0.717, 1.165) is 6.20 Å². The number of carbonyl (C=O) groups is 1. The standard InChI is InChI=1S/C13H10ClF2N3O3/c14-7-22-13(20)19-11-10(16)5-17-12(18-11)21-6-8-1-3-9(15)4-2-8/h1-5H,6-7H2,(H,17,18,19,20). The van der Waals surface area contributed by atoms with Crippen molar-refractivity contribution in [3.05, 3.63) is 47.7 Å². The number of amides is 1. The summed E-state index contributed by atoms with van der Waals surface area (Å²) in [6.07, 6.45) is -0.124. The molecular weight excluding hydrogens is 320 g/mol. The molecule has 0 saturated heterocycles. The zero-order valence-corrected chi connectivity index (χ0v) is 11.8. The van der Waals surface area contributed by atoms with Crippen LogP contribution >= 0.6 is 11.6 Å². The van der Waals surface area contributed by atoms with Crippen molar-refractivity contribution in [2.75, 3.05) is 11.4 Å². The Balaban J connectivity index is 2.02. The summed E-state index contributed by atoms with van der Waals surface area (Å²) in [5.41, 5.74) is 0.672. The Labute approximate surface area is 129 Å². The summed E-state index contributed by atoms with van der Waals surface area (Å²) in [5.74, 6) is -1.63. The highest BCUT2D eigenvalue weighted by Gasteiger charge is 2.12. The molecule has 2 aromatic rings. The normalized spacial score (nSPS) is 10.1. The van der Waals surface area contributed by atoms with Gasteiger partial charge in [-0.1, -0.05) is 23.7 Å². The summed E-state index contributed by atoms with van der Waals surface area (Å²) in [4.78, 5) is 18.5. The van der Waals surface area contributed by atoms with Gasteiger partial charge >= 0.3 is 12.1 Å². The largest absolute Gasteiger partial charge is 0.459 e. The molecule has 6 nitrogen and oxygen atoms in total. The summed E-state index contributed by atoms with van der Waals surface area (Å²) >= 11 is 5.20. The van der Waals surface area contributed by atoms with Crippen LogP contribution < -0.4 is 10.1 Å². The minimum Gasteiger partial charge on any atom is -0.459 e. The first-order valence-electron chi connectivity index (χ1n) is 5.98. The lowest BCUT2D eigenvalue weighted by Gasteiger charge is -2.08. The van der Waals surface area contributed by atoms with Gasteiger partial charge < -0.3 is 9.47 Å². The molecule has 116 valence electrons. The molecule has 2 rings (SSSR count). The molecule has 0 spiro atoms. The van der Waals surface area contributed by atoms with Crippen LogP contribution in [-0.2, 0) is 11.3 Å². The van der Waals surface area contributed by atoms with Crippen molar-refractivity contribution in [3.63, 3.8) is 0 Å². The van der Waals surface area contributed by atoms with Crippen LogP contribution in [0.25, 0.3) is 0 Å². The lowest BCUT2D eigenvalue weighted by Crippen LogP contribution is -2.15. The van der Waals surface area contributed by atoms with Crippen molar-refractivity contribution >= 4 is 23.5 Å². The maximum atomic E-state index is 13.5. The fourth-order valence-corrected chi connectivity index (χ4v) is 1.52. The summed E-state index contributed by atoms with van der Waals surface area (Å²) in [5, 5.41) is 2.06. The molecule has 1 aromatic carbocycles. The van der Waals surface area contributed by atoms with Gasteiger partial charge in [0.25, 0.3) is 0 Å². The van der Waals surface area contributed by atoms with E-state index >= 15 is 0 Å². The third-order valence-corrected chi connectivity index (χ3v) is 2.52. The Kier molecular flexibility index (Phi) is 5.42. The van der Waals surface area contributed by atoms with Crippen molar-refractivity contribution in [2.24, 2.45) is 0 Å². The highest BCUT2D eigenvalue weighted by Crippen LogP contribution is 2.15. The van der Waals surface area contributed by atoms with Crippen molar-refractivity contribution in [1.29, 1.82) is 0 Å². The second kappa shape index (κ2) is 7.51. The number of benzene rings is 1. The molecule has 1 N–H and O–H groups in total. The topological polar surface area (TPSA) is 73.3 Å². The summed E-state index contributed by atoms with van der Waals surface area (Å²) in [6.45, 7) is 0.0531. The van der Waals surface area contributed by atoms with E-state index < -0.39 is 17.7 Å². The monoisotopic (exact) mass is 329 g/mol. The first-order valence-corrected chi connectivity index (χ1v) is 6.51. The Bertz CT molecular complexity index is 655. The molecule has 0 unspecified atom stereocenters. The van der Waals surface area contributed by atoms with E-state index in [1.165, 1.54) is 24.3 Å². The third kappa shape index (κ3) is 4.52. The average molecular weight is 330 g/mol. The van der Waals surface area contributed by atoms with Crippen LogP contribution in [0.4, 0.5) is 19.4 Å². The molecule has 9 heteroatoms. The van der Waals surface area contributed by atoms with E-state index in [4.69, 9.17) is 16.3 Å². The molecule has 0 aliphatic carbocycles. The number of hydrogen-bond donors (Lipinski definition) is 1. The Morgan fingerprint density at radius 2 is 2.00 bits per heavy atom. The van der Waals surface area contributed by atoms with Gasteiger partial charge in [-0.15, -0.1) is 0 Å². The number of aromatic nitrogens is 2. The van der Waals surface area contributed by atoms with Gasteiger partial charge in [0.2, 0.25) is 0 Å². The molecule has 0 saturated carbocycles. The average Bonchev–Trinajstić information content (AvgIpc) is 2.50. The first kappa shape index (κ1) is 15.9. The van der Waals surface area contributed by atoms with Gasteiger partial charge in [0, 0.05) is 0 Å². The van der Waals surface area contributed by atoms with Crippen molar-refractivity contribution in [1.82, 2.24) is 9.97 Å². The highest BCUT2D eigenvalue weighted by molar-refractivity contribution is 6.17. The van der Waals surface area contributed by atoms with Crippen LogP contribution in [0.2, 0.25) is 0 Å². The molecule has 22 heavy (non-hydrogen) atoms. The molecule has 0 atom stereocenters. The van der Waals surface area contributed by atoms with E-state index in [2.05, 4.69) is 20.0 Å². The Morgan fingerprint density at radius 3 is 2.68 bits per heavy atom. The number of hydrogen-bond acceptors (Lipinski definition) is 5. The number of anilines is 1. The number of alkyl halides is 1. The van der Waals surface area contributed by atoms with Crippen LogP contribution in [0.3, 0.4) is 0 Å². The van der Waals surface area contributed by atoms with Crippen LogP contribution in [0.15, 0.2) is 30.5 Å². The molecule has 0 aliphatic heterocycles. The van der Waals surface area contributed by atoms with E-state index in [-0.39, 0.29) is 24.5 Å². The SMILES string of the molecule is O=C(Nc1nc(OCc2ccc(F)cc2)ncc1F)OCCl. The lowest BCUT2D eigenvalue weighted by atomic mass is 10.2. The zero-order chi connectivity index (χ0) is 15.9. The van der Waals surface area contributed by atoms with Gasteiger partial charge in [-0.05, 0) is 17.7 Å². The molecule has 1 aromatic heterocycles. The van der Waals surface area contributed by atoms with E-state index in [1.807, 2.05) is 0 Å². The van der Waals surface area contributed by atoms with Crippen LogP contribution in [0.5, 0.6) is 6.01 Å². The molecule has 0 fully saturated rings. The molecule has 0 radical (unpaired) electrons. The summed E-state index contributed by atoms with van der Waals surface area (Å²) in [6, 6.07) is 5.06. The highest BCUT2D eigenvalue weighted by atomic mass is 35.5. The predicted molar refractivity (Wildman–Crippen MR) is 73.5 cm³/mol. The maximum Gasteiger partial charge on any atom is 0.414 e. The van der Waals surface area contributed by atoms with Gasteiger partial charge in [-0.3, -0.25) is 5.32 Å². The quantitative estimate of drug-likeness (QED) is 0.853. The van der Waals surface area contributed by atoms with Gasteiger partial charge in [-0.25, -0.2) is 18.6 Å². The minimum atomic E-state index is -0.961. The third-order valence-electron chi connectivity index (χ3n) is 2.41. The number of ether oxygens (including phenoxy) is 2. The van der Waals surface area contributed by atoms with Gasteiger partial charge in [0.05, 0.1) is 6.20 Å². The fraction of sp³-hybridized carbons (Fsp3) is 0.154. The maximum absolute atomic E-state index is 13.5. The van der Waals surface area contributed by atoms with Crippen LogP contribution in [0.1, 0.15) is 5.56 Å². The number of carbonyl (C=O) groups excluding carboxylic acids is 1. The second-order valence-electron chi connectivity index (χ2n) is 3.93. The summed E-state index contributed by atoms with van der Waals surface area (Å²) in [7, 11) is 0. The second-order valence-corrected chi connectivity index (χ2v) is 4.15. The molecule has 1 heterocycles. The Hall–Kier alpha value is -2.48. The van der Waals surface area contributed by atoms with Gasteiger partial charge in [-0.2, -0.15) is 4.98 Å². The minimum absolute atomic E-state index is 0.0531.